The minimum absolute atomic E-state index is 0.0617. The Balaban J connectivity index is 1.61. The van der Waals surface area contributed by atoms with E-state index in [1.54, 1.807) is 95.3 Å². The van der Waals surface area contributed by atoms with Crippen LogP contribution in [0.1, 0.15) is 70.8 Å². The number of nitrogens with one attached hydrogen (secondary N) is 4. The number of benzene rings is 2. The van der Waals surface area contributed by atoms with Crippen LogP contribution in [-0.4, -0.2) is 103 Å². The van der Waals surface area contributed by atoms with E-state index in [1.807, 2.05) is 0 Å². The zero-order valence-electron chi connectivity index (χ0n) is 31.9. The van der Waals surface area contributed by atoms with E-state index < -0.39 is 90.9 Å². The van der Waals surface area contributed by atoms with Crippen molar-refractivity contribution in [2.75, 3.05) is 6.54 Å². The van der Waals surface area contributed by atoms with Gasteiger partial charge in [0.1, 0.15) is 36.9 Å². The number of amides is 7. The highest BCUT2D eigenvalue weighted by atomic mass is 16.6. The van der Waals surface area contributed by atoms with E-state index in [2.05, 4.69) is 36.6 Å². The summed E-state index contributed by atoms with van der Waals surface area (Å²) in [7, 11) is 0. The molecule has 0 radical (unpaired) electrons. The van der Waals surface area contributed by atoms with Crippen LogP contribution >= 0.6 is 0 Å². The van der Waals surface area contributed by atoms with Crippen LogP contribution in [0.3, 0.4) is 0 Å². The second kappa shape index (κ2) is 19.8. The Morgan fingerprint density at radius 2 is 1.55 bits per heavy atom. The molecule has 1 aliphatic heterocycles. The fraction of sp³-hybridized carbons (Fsp3) is 0.459. The van der Waals surface area contributed by atoms with E-state index in [0.29, 0.717) is 27.3 Å². The number of alkyl carbamates (subject to hydrolysis) is 1. The maximum atomic E-state index is 14.5. The third-order valence-corrected chi connectivity index (χ3v) is 8.54. The lowest BCUT2D eigenvalue weighted by atomic mass is 9.97. The highest BCUT2D eigenvalue weighted by Crippen LogP contribution is 2.22. The molecular formula is C37H47N9O10. The van der Waals surface area contributed by atoms with Gasteiger partial charge < -0.3 is 30.2 Å². The Morgan fingerprint density at radius 3 is 2.12 bits per heavy atom. The van der Waals surface area contributed by atoms with E-state index in [1.165, 1.54) is 0 Å². The number of nitrogens with zero attached hydrogens (tertiary/aromatic N) is 5. The molecule has 4 rings (SSSR count). The molecule has 3 aromatic rings. The van der Waals surface area contributed by atoms with Crippen LogP contribution in [0.5, 0.6) is 0 Å². The lowest BCUT2D eigenvalue weighted by Crippen LogP contribution is -2.59. The van der Waals surface area contributed by atoms with Crippen molar-refractivity contribution in [2.24, 2.45) is 5.92 Å². The van der Waals surface area contributed by atoms with Crippen molar-refractivity contribution in [3.63, 3.8) is 0 Å². The summed E-state index contributed by atoms with van der Waals surface area (Å²) < 4.78 is 16.1. The van der Waals surface area contributed by atoms with Crippen LogP contribution in [0.15, 0.2) is 60.7 Å². The summed E-state index contributed by atoms with van der Waals surface area (Å²) >= 11 is 0. The Labute approximate surface area is 323 Å². The lowest BCUT2D eigenvalue weighted by Gasteiger charge is -2.29. The van der Waals surface area contributed by atoms with Gasteiger partial charge in [-0.3, -0.25) is 19.2 Å². The topological polar surface area (TPSA) is 244 Å². The SMILES string of the molecule is CC[C@H](C)[C@H](NC(=O)OC(C)(C)C)C(=O)N[C@@H](CCC(=O)OCc1ccccc1)C(=O)N1C(=O)N(C(=O)OCc2ccccc2)C[C@H]1C(=O)NCc1nn[nH]n1. The number of aromatic nitrogens is 4. The molecule has 1 saturated heterocycles. The summed E-state index contributed by atoms with van der Waals surface area (Å²) in [6, 6.07) is 11.8. The highest BCUT2D eigenvalue weighted by molar-refractivity contribution is 6.09. The van der Waals surface area contributed by atoms with Crippen LogP contribution in [0.4, 0.5) is 14.4 Å². The molecule has 4 N–H and O–H groups in total. The van der Waals surface area contributed by atoms with Crippen molar-refractivity contribution in [1.29, 1.82) is 0 Å². The van der Waals surface area contributed by atoms with Gasteiger partial charge in [0.25, 0.3) is 5.91 Å². The van der Waals surface area contributed by atoms with Crippen molar-refractivity contribution in [2.45, 2.75) is 97.4 Å². The van der Waals surface area contributed by atoms with Gasteiger partial charge in [-0.2, -0.15) is 5.21 Å². The normalized spacial score (nSPS) is 15.6. The van der Waals surface area contributed by atoms with Crippen molar-refractivity contribution < 1.29 is 47.8 Å². The molecule has 0 bridgehead atoms. The van der Waals surface area contributed by atoms with E-state index >= 15 is 0 Å². The van der Waals surface area contributed by atoms with Gasteiger partial charge in [0.2, 0.25) is 11.8 Å². The predicted molar refractivity (Wildman–Crippen MR) is 195 cm³/mol. The number of hydrogen-bond donors (Lipinski definition) is 4. The molecule has 0 spiro atoms. The maximum Gasteiger partial charge on any atom is 0.418 e. The molecule has 2 aromatic carbocycles. The third-order valence-electron chi connectivity index (χ3n) is 8.54. The minimum atomic E-state index is -1.63. The van der Waals surface area contributed by atoms with Crippen LogP contribution in [0, 0.1) is 5.92 Å². The standard InChI is InChI=1S/C37H47N9O10/c1-6-23(2)30(40-34(51)56-37(3,4)5)32(49)39-26(17-18-29(47)54-21-24-13-9-7-10-14-24)33(50)46-27(31(48)38-19-28-41-43-44-42-28)20-45(35(46)52)36(53)55-22-25-15-11-8-12-16-25/h7-16,23,26-27,30H,6,17-22H2,1-5H3,(H,38,48)(H,39,49)(H,40,51)(H,41,42,43,44)/t23-,26-,27-,30-/m0/s1. The Hall–Kier alpha value is -6.40. The van der Waals surface area contributed by atoms with Gasteiger partial charge >= 0.3 is 24.2 Å². The van der Waals surface area contributed by atoms with Gasteiger partial charge in [-0.05, 0) is 44.2 Å². The molecule has 4 atom stereocenters. The third kappa shape index (κ3) is 12.3. The number of ether oxygens (including phenoxy) is 3. The zero-order valence-corrected chi connectivity index (χ0v) is 31.9. The molecule has 56 heavy (non-hydrogen) atoms. The zero-order chi connectivity index (χ0) is 40.8. The molecular weight excluding hydrogens is 730 g/mol. The summed E-state index contributed by atoms with van der Waals surface area (Å²) in [4.78, 5) is 96.0. The van der Waals surface area contributed by atoms with Gasteiger partial charge in [0, 0.05) is 6.42 Å². The number of H-pyrrole nitrogens is 1. The molecule has 19 heteroatoms. The van der Waals surface area contributed by atoms with Crippen molar-refractivity contribution in [1.82, 2.24) is 46.4 Å². The van der Waals surface area contributed by atoms with Gasteiger partial charge in [-0.25, -0.2) is 24.2 Å². The van der Waals surface area contributed by atoms with Gasteiger partial charge in [-0.1, -0.05) is 86.1 Å². The molecule has 0 unspecified atom stereocenters. The molecule has 0 saturated carbocycles. The van der Waals surface area contributed by atoms with E-state index in [4.69, 9.17) is 14.2 Å². The number of tetrazole rings is 1. The van der Waals surface area contributed by atoms with E-state index in [0.717, 1.165) is 0 Å². The van der Waals surface area contributed by atoms with Crippen LogP contribution in [0.2, 0.25) is 0 Å². The van der Waals surface area contributed by atoms with E-state index in [-0.39, 0.29) is 25.6 Å². The molecule has 1 aliphatic rings. The number of aromatic amines is 1. The number of carbonyl (C=O) groups excluding carboxylic acids is 7. The molecule has 1 fully saturated rings. The second-order valence-electron chi connectivity index (χ2n) is 14.0. The lowest BCUT2D eigenvalue weighted by molar-refractivity contribution is -0.146. The molecule has 7 amide bonds. The molecule has 19 nitrogen and oxygen atoms in total. The largest absolute Gasteiger partial charge is 0.461 e. The van der Waals surface area contributed by atoms with E-state index in [9.17, 15) is 33.6 Å². The smallest absolute Gasteiger partial charge is 0.418 e. The monoisotopic (exact) mass is 777 g/mol. The average molecular weight is 778 g/mol. The predicted octanol–water partition coefficient (Wildman–Crippen LogP) is 2.73. The quantitative estimate of drug-likeness (QED) is 0.121. The fourth-order valence-electron chi connectivity index (χ4n) is 5.43. The molecule has 2 heterocycles. The van der Waals surface area contributed by atoms with Gasteiger partial charge in [0.05, 0.1) is 13.1 Å². The van der Waals surface area contributed by atoms with Crippen LogP contribution in [-0.2, 0) is 53.1 Å². The molecule has 1 aromatic heterocycles. The number of hydrogen-bond acceptors (Lipinski definition) is 13. The summed E-state index contributed by atoms with van der Waals surface area (Å²) in [5.41, 5.74) is 0.443. The van der Waals surface area contributed by atoms with Crippen molar-refractivity contribution in [3.8, 4) is 0 Å². The summed E-state index contributed by atoms with van der Waals surface area (Å²) in [5, 5.41) is 20.9. The first-order chi connectivity index (χ1) is 26.7. The number of carbonyl (C=O) groups is 7. The van der Waals surface area contributed by atoms with Crippen molar-refractivity contribution >= 4 is 41.9 Å². The Bertz CT molecular complexity index is 1820. The number of imide groups is 2. The molecule has 300 valence electrons. The van der Waals surface area contributed by atoms with Crippen LogP contribution < -0.4 is 16.0 Å². The van der Waals surface area contributed by atoms with Crippen LogP contribution in [0.25, 0.3) is 0 Å². The molecule has 0 aliphatic carbocycles. The summed E-state index contributed by atoms with van der Waals surface area (Å²) in [6.45, 7) is 7.32. The first kappa shape index (κ1) is 42.3. The van der Waals surface area contributed by atoms with Crippen molar-refractivity contribution in [3.05, 3.63) is 77.6 Å². The Kier molecular flexibility index (Phi) is 15.0. The second-order valence-corrected chi connectivity index (χ2v) is 14.0. The summed E-state index contributed by atoms with van der Waals surface area (Å²) in [6.07, 6.45) is -2.39. The first-order valence-electron chi connectivity index (χ1n) is 18.0. The highest BCUT2D eigenvalue weighted by Gasteiger charge is 2.50. The Morgan fingerprint density at radius 1 is 0.929 bits per heavy atom. The average Bonchev–Trinajstić information content (AvgIpc) is 3.83. The van der Waals surface area contributed by atoms with Gasteiger partial charge in [-0.15, -0.1) is 10.2 Å². The maximum absolute atomic E-state index is 14.5. The first-order valence-corrected chi connectivity index (χ1v) is 18.0. The summed E-state index contributed by atoms with van der Waals surface area (Å²) in [5.74, 6) is -3.91. The fourth-order valence-corrected chi connectivity index (χ4v) is 5.43. The number of esters is 1. The number of urea groups is 1. The van der Waals surface area contributed by atoms with Gasteiger partial charge in [0.15, 0.2) is 5.82 Å². The number of rotatable bonds is 16. The minimum Gasteiger partial charge on any atom is -0.461 e.